The van der Waals surface area contributed by atoms with E-state index >= 15 is 0 Å². The summed E-state index contributed by atoms with van der Waals surface area (Å²) in [6.45, 7) is 0.747. The van der Waals surface area contributed by atoms with Crippen molar-refractivity contribution in [1.29, 1.82) is 0 Å². The molecule has 1 aromatic carbocycles. The highest BCUT2D eigenvalue weighted by molar-refractivity contribution is 5.94. The van der Waals surface area contributed by atoms with Crippen LogP contribution in [0.2, 0.25) is 0 Å². The number of carbonyl (C=O) groups is 2. The molecule has 1 aliphatic heterocycles. The average Bonchev–Trinajstić information content (AvgIpc) is 3.12. The van der Waals surface area contributed by atoms with E-state index in [2.05, 4.69) is 5.32 Å². The third-order valence-corrected chi connectivity index (χ3v) is 4.13. The number of halogens is 2. The fourth-order valence-corrected chi connectivity index (χ4v) is 2.94. The highest BCUT2D eigenvalue weighted by atomic mass is 19.1. The van der Waals surface area contributed by atoms with Crippen LogP contribution in [0.1, 0.15) is 35.4 Å². The Morgan fingerprint density at radius 2 is 2.12 bits per heavy atom. The quantitative estimate of drug-likeness (QED) is 0.845. The number of furan rings is 1. The summed E-state index contributed by atoms with van der Waals surface area (Å²) in [5.74, 6) is -1.65. The van der Waals surface area contributed by atoms with E-state index in [0.29, 0.717) is 43.6 Å². The van der Waals surface area contributed by atoms with Crippen LogP contribution < -0.4 is 10.2 Å². The van der Waals surface area contributed by atoms with Crippen LogP contribution in [-0.4, -0.2) is 24.9 Å². The smallest absolute Gasteiger partial charge is 0.286 e. The molecule has 0 atom stereocenters. The second kappa shape index (κ2) is 7.46. The lowest BCUT2D eigenvalue weighted by Crippen LogP contribution is -2.36. The lowest BCUT2D eigenvalue weighted by molar-refractivity contribution is -0.118. The van der Waals surface area contributed by atoms with Gasteiger partial charge in [-0.25, -0.2) is 8.78 Å². The molecule has 0 saturated carbocycles. The zero-order valence-electron chi connectivity index (χ0n) is 13.6. The molecule has 0 bridgehead atoms. The molecule has 1 aromatic heterocycles. The van der Waals surface area contributed by atoms with Gasteiger partial charge in [0.15, 0.2) is 5.76 Å². The normalized spacial score (nSPS) is 13.4. The van der Waals surface area contributed by atoms with Crippen LogP contribution in [0.3, 0.4) is 0 Å². The van der Waals surface area contributed by atoms with Crippen LogP contribution in [0.5, 0.6) is 0 Å². The Labute approximate surface area is 143 Å². The fraction of sp³-hybridized carbons (Fsp3) is 0.333. The molecule has 132 valence electrons. The first-order valence-corrected chi connectivity index (χ1v) is 8.16. The van der Waals surface area contributed by atoms with Gasteiger partial charge in [0, 0.05) is 31.1 Å². The summed E-state index contributed by atoms with van der Waals surface area (Å²) < 4.78 is 32.3. The molecular formula is C18H18F2N2O3. The Morgan fingerprint density at radius 3 is 2.88 bits per heavy atom. The van der Waals surface area contributed by atoms with Crippen LogP contribution in [0.25, 0.3) is 0 Å². The number of benzene rings is 1. The molecule has 2 aromatic rings. The third-order valence-electron chi connectivity index (χ3n) is 4.13. The topological polar surface area (TPSA) is 62.6 Å². The van der Waals surface area contributed by atoms with E-state index in [9.17, 15) is 18.4 Å². The van der Waals surface area contributed by atoms with E-state index in [-0.39, 0.29) is 24.0 Å². The minimum absolute atomic E-state index is 0.177. The Hall–Kier alpha value is -2.70. The highest BCUT2D eigenvalue weighted by Crippen LogP contribution is 2.30. The van der Waals surface area contributed by atoms with Gasteiger partial charge in [0.2, 0.25) is 5.91 Å². The van der Waals surface area contributed by atoms with Gasteiger partial charge in [0.05, 0.1) is 12.0 Å². The van der Waals surface area contributed by atoms with Gasteiger partial charge in [0.25, 0.3) is 5.91 Å². The van der Waals surface area contributed by atoms with E-state index in [4.69, 9.17) is 4.42 Å². The number of hydrogen-bond acceptors (Lipinski definition) is 3. The summed E-state index contributed by atoms with van der Waals surface area (Å²) in [5, 5.41) is 2.66. The average molecular weight is 348 g/mol. The van der Waals surface area contributed by atoms with Crippen molar-refractivity contribution in [2.75, 3.05) is 18.0 Å². The lowest BCUT2D eigenvalue weighted by Gasteiger charge is -2.30. The maximum Gasteiger partial charge on any atom is 0.286 e. The number of hydrogen-bond donors (Lipinski definition) is 1. The second-order valence-electron chi connectivity index (χ2n) is 5.87. The largest absolute Gasteiger partial charge is 0.459 e. The van der Waals surface area contributed by atoms with Gasteiger partial charge in [-0.05, 0) is 37.5 Å². The first kappa shape index (κ1) is 17.1. The van der Waals surface area contributed by atoms with E-state index in [1.165, 1.54) is 17.2 Å². The molecule has 7 heteroatoms. The predicted octanol–water partition coefficient (Wildman–Crippen LogP) is 3.05. The molecule has 1 N–H and O–H groups in total. The monoisotopic (exact) mass is 348 g/mol. The van der Waals surface area contributed by atoms with E-state index in [1.54, 1.807) is 12.1 Å². The first-order chi connectivity index (χ1) is 12.1. The molecule has 0 saturated heterocycles. The summed E-state index contributed by atoms with van der Waals surface area (Å²) in [7, 11) is 0. The van der Waals surface area contributed by atoms with Crippen molar-refractivity contribution in [3.8, 4) is 0 Å². The molecule has 1 aliphatic rings. The highest BCUT2D eigenvalue weighted by Gasteiger charge is 2.25. The number of fused-ring (bicyclic) bond motifs is 1. The fourth-order valence-electron chi connectivity index (χ4n) is 2.94. The van der Waals surface area contributed by atoms with Gasteiger partial charge >= 0.3 is 0 Å². The number of carbonyl (C=O) groups excluding carboxylic acids is 2. The molecule has 0 spiro atoms. The Bertz CT molecular complexity index is 775. The van der Waals surface area contributed by atoms with Crippen LogP contribution in [-0.2, 0) is 11.2 Å². The van der Waals surface area contributed by atoms with Gasteiger partial charge in [-0.2, -0.15) is 0 Å². The first-order valence-electron chi connectivity index (χ1n) is 8.16. The standard InChI is InChI=1S/C18H18F2N2O3/c19-12-10-14(20)13-4-2-8-22(15(13)11-12)17(23)6-1-7-21-18(24)16-5-3-9-25-16/h3,5,9-11H,1-2,4,6-8H2,(H,21,24). The van der Waals surface area contributed by atoms with Crippen molar-refractivity contribution in [2.45, 2.75) is 25.7 Å². The van der Waals surface area contributed by atoms with Crippen molar-refractivity contribution in [3.05, 3.63) is 53.5 Å². The summed E-state index contributed by atoms with van der Waals surface area (Å²) in [6.07, 6.45) is 3.14. The van der Waals surface area contributed by atoms with Gasteiger partial charge in [0.1, 0.15) is 11.6 Å². The predicted molar refractivity (Wildman–Crippen MR) is 87.3 cm³/mol. The Balaban J connectivity index is 1.55. The molecule has 2 heterocycles. The van der Waals surface area contributed by atoms with Crippen molar-refractivity contribution in [2.24, 2.45) is 0 Å². The number of nitrogens with zero attached hydrogens (tertiary/aromatic N) is 1. The third kappa shape index (κ3) is 3.87. The molecule has 3 rings (SSSR count). The SMILES string of the molecule is O=C(NCCCC(=O)N1CCCc2c(F)cc(F)cc21)c1ccco1. The summed E-state index contributed by atoms with van der Waals surface area (Å²) in [6, 6.07) is 5.21. The molecule has 0 radical (unpaired) electrons. The zero-order chi connectivity index (χ0) is 17.8. The summed E-state index contributed by atoms with van der Waals surface area (Å²) in [4.78, 5) is 25.5. The van der Waals surface area contributed by atoms with Crippen LogP contribution in [0, 0.1) is 11.6 Å². The molecular weight excluding hydrogens is 330 g/mol. The van der Waals surface area contributed by atoms with Crippen molar-refractivity contribution >= 4 is 17.5 Å². The number of anilines is 1. The molecule has 0 unspecified atom stereocenters. The zero-order valence-corrected chi connectivity index (χ0v) is 13.6. The maximum absolute atomic E-state index is 13.9. The van der Waals surface area contributed by atoms with Gasteiger partial charge in [-0.15, -0.1) is 0 Å². The molecule has 0 fully saturated rings. The van der Waals surface area contributed by atoms with E-state index < -0.39 is 11.6 Å². The van der Waals surface area contributed by atoms with E-state index in [0.717, 1.165) is 6.07 Å². The molecule has 25 heavy (non-hydrogen) atoms. The van der Waals surface area contributed by atoms with Crippen molar-refractivity contribution < 1.29 is 22.8 Å². The maximum atomic E-state index is 13.9. The second-order valence-corrected chi connectivity index (χ2v) is 5.87. The van der Waals surface area contributed by atoms with Crippen molar-refractivity contribution in [3.63, 3.8) is 0 Å². The minimum Gasteiger partial charge on any atom is -0.459 e. The summed E-state index contributed by atoms with van der Waals surface area (Å²) in [5.41, 5.74) is 0.695. The number of rotatable bonds is 5. The van der Waals surface area contributed by atoms with Gasteiger partial charge in [-0.1, -0.05) is 0 Å². The molecule has 0 aliphatic carbocycles. The number of amides is 2. The van der Waals surface area contributed by atoms with Crippen molar-refractivity contribution in [1.82, 2.24) is 5.32 Å². The Kier molecular flexibility index (Phi) is 5.11. The van der Waals surface area contributed by atoms with Gasteiger partial charge in [-0.3, -0.25) is 9.59 Å². The Morgan fingerprint density at radius 1 is 1.28 bits per heavy atom. The lowest BCUT2D eigenvalue weighted by atomic mass is 10.0. The van der Waals surface area contributed by atoms with Crippen LogP contribution >= 0.6 is 0 Å². The van der Waals surface area contributed by atoms with Gasteiger partial charge < -0.3 is 14.6 Å². The summed E-state index contributed by atoms with van der Waals surface area (Å²) >= 11 is 0. The minimum atomic E-state index is -0.693. The molecule has 5 nitrogen and oxygen atoms in total. The van der Waals surface area contributed by atoms with E-state index in [1.807, 2.05) is 0 Å². The number of nitrogens with one attached hydrogen (secondary N) is 1. The van der Waals surface area contributed by atoms with Crippen LogP contribution in [0.4, 0.5) is 14.5 Å². The molecule has 2 amide bonds. The van der Waals surface area contributed by atoms with Crippen LogP contribution in [0.15, 0.2) is 34.9 Å².